The van der Waals surface area contributed by atoms with Gasteiger partial charge in [0.05, 0.1) is 18.8 Å². The number of rotatable bonds is 4. The minimum absolute atomic E-state index is 0.168. The highest BCUT2D eigenvalue weighted by molar-refractivity contribution is 4.81. The van der Waals surface area contributed by atoms with E-state index in [2.05, 4.69) is 17.1 Å². The molecule has 106 valence electrons. The molecule has 0 amide bonds. The fourth-order valence-corrected chi connectivity index (χ4v) is 3.00. The Hall–Kier alpha value is -0.160. The molecule has 0 bridgehead atoms. The highest BCUT2D eigenvalue weighted by Gasteiger charge is 2.24. The topological polar surface area (TPSA) is 44.7 Å². The highest BCUT2D eigenvalue weighted by Crippen LogP contribution is 2.18. The fraction of sp³-hybridized carbons (Fsp3) is 1.00. The summed E-state index contributed by atoms with van der Waals surface area (Å²) in [6.45, 7) is 7.09. The number of aliphatic hydroxyl groups excluding tert-OH is 1. The lowest BCUT2D eigenvalue weighted by molar-refractivity contribution is -0.0287. The molecule has 1 aliphatic heterocycles. The summed E-state index contributed by atoms with van der Waals surface area (Å²) in [5, 5.41) is 13.6. The average molecular weight is 256 g/mol. The Balaban J connectivity index is 1.72. The Morgan fingerprint density at radius 1 is 1.28 bits per heavy atom. The number of hydrogen-bond acceptors (Lipinski definition) is 4. The van der Waals surface area contributed by atoms with Gasteiger partial charge >= 0.3 is 0 Å². The maximum Gasteiger partial charge on any atom is 0.0826 e. The van der Waals surface area contributed by atoms with Gasteiger partial charge in [0.15, 0.2) is 0 Å². The van der Waals surface area contributed by atoms with E-state index in [1.165, 1.54) is 19.3 Å². The Bertz CT molecular complexity index is 238. The van der Waals surface area contributed by atoms with E-state index in [0.717, 1.165) is 45.6 Å². The first kappa shape index (κ1) is 14.3. The quantitative estimate of drug-likeness (QED) is 0.736. The van der Waals surface area contributed by atoms with Gasteiger partial charge in [0, 0.05) is 25.7 Å². The second kappa shape index (κ2) is 7.43. The van der Waals surface area contributed by atoms with Gasteiger partial charge in [0.2, 0.25) is 0 Å². The lowest BCUT2D eigenvalue weighted by Gasteiger charge is -2.33. The van der Waals surface area contributed by atoms with Crippen molar-refractivity contribution in [3.05, 3.63) is 0 Å². The van der Waals surface area contributed by atoms with Crippen molar-refractivity contribution in [1.29, 1.82) is 0 Å². The highest BCUT2D eigenvalue weighted by atomic mass is 16.5. The van der Waals surface area contributed by atoms with Gasteiger partial charge in [-0.3, -0.25) is 4.90 Å². The zero-order valence-electron chi connectivity index (χ0n) is 11.6. The molecule has 3 unspecified atom stereocenters. The summed E-state index contributed by atoms with van der Waals surface area (Å²) >= 11 is 0. The van der Waals surface area contributed by atoms with Gasteiger partial charge in [-0.1, -0.05) is 26.2 Å². The lowest BCUT2D eigenvalue weighted by Crippen LogP contribution is -2.50. The largest absolute Gasteiger partial charge is 0.392 e. The SMILES string of the molecule is CCN1CCOC(CNC2CCCCCC2O)C1. The van der Waals surface area contributed by atoms with E-state index in [1.807, 2.05) is 0 Å². The third-order valence-electron chi connectivity index (χ3n) is 4.26. The van der Waals surface area contributed by atoms with Crippen LogP contribution in [0.15, 0.2) is 0 Å². The Labute approximate surface area is 111 Å². The van der Waals surface area contributed by atoms with Crippen LogP contribution in [0, 0.1) is 0 Å². The van der Waals surface area contributed by atoms with Crippen LogP contribution in [-0.2, 0) is 4.74 Å². The van der Waals surface area contributed by atoms with Gasteiger partial charge in [0.1, 0.15) is 0 Å². The Morgan fingerprint density at radius 3 is 2.94 bits per heavy atom. The number of nitrogens with zero attached hydrogens (tertiary/aromatic N) is 1. The molecule has 2 N–H and O–H groups in total. The van der Waals surface area contributed by atoms with Crippen LogP contribution < -0.4 is 5.32 Å². The summed E-state index contributed by atoms with van der Waals surface area (Å²) < 4.78 is 5.78. The van der Waals surface area contributed by atoms with E-state index in [4.69, 9.17) is 4.74 Å². The standard InChI is InChI=1S/C14H28N2O2/c1-2-16-8-9-18-12(11-16)10-15-13-6-4-3-5-7-14(13)17/h12-15,17H,2-11H2,1H3. The molecule has 4 nitrogen and oxygen atoms in total. The molecule has 2 fully saturated rings. The van der Waals surface area contributed by atoms with Crippen molar-refractivity contribution < 1.29 is 9.84 Å². The predicted molar refractivity (Wildman–Crippen MR) is 72.7 cm³/mol. The molecule has 1 saturated carbocycles. The number of morpholine rings is 1. The van der Waals surface area contributed by atoms with Crippen LogP contribution in [-0.4, -0.2) is 61.0 Å². The molecule has 2 rings (SSSR count). The third-order valence-corrected chi connectivity index (χ3v) is 4.26. The van der Waals surface area contributed by atoms with Crippen LogP contribution in [0.5, 0.6) is 0 Å². The number of aliphatic hydroxyl groups is 1. The van der Waals surface area contributed by atoms with Crippen LogP contribution >= 0.6 is 0 Å². The molecule has 0 aromatic rings. The second-order valence-corrected chi connectivity index (χ2v) is 5.61. The van der Waals surface area contributed by atoms with Gasteiger partial charge in [-0.05, 0) is 19.4 Å². The number of likely N-dealkylation sites (N-methyl/N-ethyl adjacent to an activating group) is 1. The molecule has 0 spiro atoms. The molecule has 18 heavy (non-hydrogen) atoms. The molecule has 3 atom stereocenters. The zero-order valence-corrected chi connectivity index (χ0v) is 11.6. The maximum atomic E-state index is 10.1. The molecule has 4 heteroatoms. The summed E-state index contributed by atoms with van der Waals surface area (Å²) in [5.74, 6) is 0. The molecule has 1 aliphatic carbocycles. The van der Waals surface area contributed by atoms with Crippen LogP contribution in [0.2, 0.25) is 0 Å². The molecule has 0 aromatic heterocycles. The smallest absolute Gasteiger partial charge is 0.0826 e. The fourth-order valence-electron chi connectivity index (χ4n) is 3.00. The first-order chi connectivity index (χ1) is 8.79. The Morgan fingerprint density at radius 2 is 2.11 bits per heavy atom. The van der Waals surface area contributed by atoms with Crippen molar-refractivity contribution in [2.45, 2.75) is 57.3 Å². The molecular weight excluding hydrogens is 228 g/mol. The van der Waals surface area contributed by atoms with Crippen molar-refractivity contribution in [3.63, 3.8) is 0 Å². The average Bonchev–Trinajstić information content (AvgIpc) is 2.61. The van der Waals surface area contributed by atoms with Crippen molar-refractivity contribution in [1.82, 2.24) is 10.2 Å². The number of nitrogens with one attached hydrogen (secondary N) is 1. The van der Waals surface area contributed by atoms with Gasteiger partial charge in [-0.15, -0.1) is 0 Å². The summed E-state index contributed by atoms with van der Waals surface area (Å²) in [4.78, 5) is 2.43. The molecule has 1 saturated heterocycles. The minimum Gasteiger partial charge on any atom is -0.392 e. The van der Waals surface area contributed by atoms with Crippen LogP contribution in [0.4, 0.5) is 0 Å². The van der Waals surface area contributed by atoms with Gasteiger partial charge in [-0.2, -0.15) is 0 Å². The first-order valence-corrected chi connectivity index (χ1v) is 7.55. The van der Waals surface area contributed by atoms with Gasteiger partial charge in [-0.25, -0.2) is 0 Å². The van der Waals surface area contributed by atoms with Gasteiger partial charge < -0.3 is 15.2 Å². The maximum absolute atomic E-state index is 10.1. The molecule has 0 radical (unpaired) electrons. The Kier molecular flexibility index (Phi) is 5.89. The summed E-state index contributed by atoms with van der Waals surface area (Å²) in [7, 11) is 0. The molecule has 0 aromatic carbocycles. The van der Waals surface area contributed by atoms with Crippen molar-refractivity contribution >= 4 is 0 Å². The summed E-state index contributed by atoms with van der Waals surface area (Å²) in [5.41, 5.74) is 0. The first-order valence-electron chi connectivity index (χ1n) is 7.55. The van der Waals surface area contributed by atoms with E-state index in [1.54, 1.807) is 0 Å². The van der Waals surface area contributed by atoms with E-state index in [0.29, 0.717) is 0 Å². The molecule has 1 heterocycles. The van der Waals surface area contributed by atoms with Crippen molar-refractivity contribution in [3.8, 4) is 0 Å². The van der Waals surface area contributed by atoms with Crippen molar-refractivity contribution in [2.24, 2.45) is 0 Å². The van der Waals surface area contributed by atoms with Crippen molar-refractivity contribution in [2.75, 3.05) is 32.8 Å². The lowest BCUT2D eigenvalue weighted by atomic mass is 10.1. The van der Waals surface area contributed by atoms with E-state index in [-0.39, 0.29) is 18.2 Å². The predicted octanol–water partition coefficient (Wildman–Crippen LogP) is 0.990. The summed E-state index contributed by atoms with van der Waals surface area (Å²) in [6.07, 6.45) is 5.84. The van der Waals surface area contributed by atoms with Crippen LogP contribution in [0.1, 0.15) is 39.0 Å². The second-order valence-electron chi connectivity index (χ2n) is 5.61. The minimum atomic E-state index is -0.168. The normalized spacial score (nSPS) is 35.3. The number of ether oxygens (including phenoxy) is 1. The summed E-state index contributed by atoms with van der Waals surface area (Å²) in [6, 6.07) is 0.271. The molecule has 2 aliphatic rings. The van der Waals surface area contributed by atoms with E-state index >= 15 is 0 Å². The third kappa shape index (κ3) is 4.19. The van der Waals surface area contributed by atoms with E-state index in [9.17, 15) is 5.11 Å². The van der Waals surface area contributed by atoms with Crippen LogP contribution in [0.25, 0.3) is 0 Å². The van der Waals surface area contributed by atoms with E-state index < -0.39 is 0 Å². The number of hydrogen-bond donors (Lipinski definition) is 2. The van der Waals surface area contributed by atoms with Gasteiger partial charge in [0.25, 0.3) is 0 Å². The zero-order chi connectivity index (χ0) is 12.8. The monoisotopic (exact) mass is 256 g/mol. The molecular formula is C14H28N2O2. The van der Waals surface area contributed by atoms with Crippen LogP contribution in [0.3, 0.4) is 0 Å².